The van der Waals surface area contributed by atoms with Crippen LogP contribution in [0.15, 0.2) is 16.9 Å². The van der Waals surface area contributed by atoms with Gasteiger partial charge in [0.15, 0.2) is 0 Å². The van der Waals surface area contributed by atoms with Crippen LogP contribution >= 0.6 is 15.9 Å². The first-order valence-corrected chi connectivity index (χ1v) is 6.33. The molecule has 0 bridgehead atoms. The molecule has 0 aliphatic carbocycles. The maximum absolute atomic E-state index is 5.87. The van der Waals surface area contributed by atoms with Crippen LogP contribution in [0, 0.1) is 0 Å². The standard InChI is InChI=1S/C11H16BrN3O2/c1-11(2)7-13-5-9(17-11)6-16-10-14-3-8(12)4-15-10/h3-4,9,13H,5-7H2,1-2H3. The molecular formula is C11H16BrN3O2. The van der Waals surface area contributed by atoms with Crippen LogP contribution in [0.2, 0.25) is 0 Å². The van der Waals surface area contributed by atoms with Crippen molar-refractivity contribution in [2.45, 2.75) is 25.6 Å². The zero-order valence-corrected chi connectivity index (χ0v) is 11.5. The highest BCUT2D eigenvalue weighted by atomic mass is 79.9. The number of aromatic nitrogens is 2. The molecule has 6 heteroatoms. The molecule has 0 saturated carbocycles. The minimum absolute atomic E-state index is 0.0333. The van der Waals surface area contributed by atoms with Crippen molar-refractivity contribution < 1.29 is 9.47 Å². The van der Waals surface area contributed by atoms with E-state index in [0.717, 1.165) is 17.6 Å². The Morgan fingerprint density at radius 3 is 2.88 bits per heavy atom. The zero-order chi connectivity index (χ0) is 12.3. The highest BCUT2D eigenvalue weighted by Crippen LogP contribution is 2.16. The van der Waals surface area contributed by atoms with E-state index in [0.29, 0.717) is 12.6 Å². The van der Waals surface area contributed by atoms with Gasteiger partial charge in [0.2, 0.25) is 0 Å². The number of halogens is 1. The number of ether oxygens (including phenoxy) is 2. The van der Waals surface area contributed by atoms with Gasteiger partial charge in [-0.2, -0.15) is 0 Å². The highest BCUT2D eigenvalue weighted by Gasteiger charge is 2.28. The van der Waals surface area contributed by atoms with Crippen LogP contribution < -0.4 is 10.1 Å². The first-order chi connectivity index (χ1) is 8.05. The summed E-state index contributed by atoms with van der Waals surface area (Å²) in [6.07, 6.45) is 3.35. The predicted molar refractivity (Wildman–Crippen MR) is 67.0 cm³/mol. The molecule has 1 unspecified atom stereocenters. The average molecular weight is 302 g/mol. The Bertz CT molecular complexity index is 369. The quantitative estimate of drug-likeness (QED) is 0.914. The largest absolute Gasteiger partial charge is 0.461 e. The summed E-state index contributed by atoms with van der Waals surface area (Å²) in [6, 6.07) is 0.375. The van der Waals surface area contributed by atoms with Gasteiger partial charge < -0.3 is 14.8 Å². The summed E-state index contributed by atoms with van der Waals surface area (Å²) in [6.45, 7) is 6.22. The van der Waals surface area contributed by atoms with Crippen molar-refractivity contribution >= 4 is 15.9 Å². The molecule has 1 saturated heterocycles. The third kappa shape index (κ3) is 3.90. The molecular weight excluding hydrogens is 286 g/mol. The number of hydrogen-bond donors (Lipinski definition) is 1. The van der Waals surface area contributed by atoms with Crippen molar-refractivity contribution in [3.05, 3.63) is 16.9 Å². The number of hydrogen-bond acceptors (Lipinski definition) is 5. The Kier molecular flexibility index (Phi) is 3.96. The number of morpholine rings is 1. The fourth-order valence-corrected chi connectivity index (χ4v) is 1.91. The van der Waals surface area contributed by atoms with Gasteiger partial charge in [-0.05, 0) is 29.8 Å². The molecule has 2 heterocycles. The van der Waals surface area contributed by atoms with Crippen molar-refractivity contribution in [2.75, 3.05) is 19.7 Å². The van der Waals surface area contributed by atoms with E-state index in [1.54, 1.807) is 12.4 Å². The minimum atomic E-state index is -0.146. The van der Waals surface area contributed by atoms with Crippen LogP contribution in [0.1, 0.15) is 13.8 Å². The van der Waals surface area contributed by atoms with E-state index >= 15 is 0 Å². The molecule has 0 amide bonds. The van der Waals surface area contributed by atoms with Crippen LogP contribution in [0.3, 0.4) is 0 Å². The normalized spacial score (nSPS) is 23.4. The molecule has 1 N–H and O–H groups in total. The molecule has 0 radical (unpaired) electrons. The average Bonchev–Trinajstić information content (AvgIpc) is 2.27. The van der Waals surface area contributed by atoms with E-state index in [1.807, 2.05) is 0 Å². The van der Waals surface area contributed by atoms with Gasteiger partial charge in [0.1, 0.15) is 12.7 Å². The molecule has 0 spiro atoms. The molecule has 1 aliphatic heterocycles. The molecule has 17 heavy (non-hydrogen) atoms. The minimum Gasteiger partial charge on any atom is -0.461 e. The Morgan fingerprint density at radius 1 is 1.53 bits per heavy atom. The maximum atomic E-state index is 5.87. The van der Waals surface area contributed by atoms with Gasteiger partial charge in [-0.15, -0.1) is 0 Å². The smallest absolute Gasteiger partial charge is 0.316 e. The molecule has 1 atom stereocenters. The molecule has 2 rings (SSSR count). The molecule has 1 aromatic rings. The van der Waals surface area contributed by atoms with Gasteiger partial charge in [0, 0.05) is 25.5 Å². The second kappa shape index (κ2) is 5.29. The van der Waals surface area contributed by atoms with E-state index in [2.05, 4.69) is 45.1 Å². The number of nitrogens with zero attached hydrogens (tertiary/aromatic N) is 2. The Labute approximate surface area is 109 Å². The lowest BCUT2D eigenvalue weighted by Crippen LogP contribution is -2.52. The van der Waals surface area contributed by atoms with E-state index in [-0.39, 0.29) is 11.7 Å². The summed E-state index contributed by atoms with van der Waals surface area (Å²) >= 11 is 3.27. The molecule has 94 valence electrons. The lowest BCUT2D eigenvalue weighted by atomic mass is 10.1. The lowest BCUT2D eigenvalue weighted by molar-refractivity contribution is -0.107. The van der Waals surface area contributed by atoms with E-state index in [4.69, 9.17) is 9.47 Å². The van der Waals surface area contributed by atoms with Gasteiger partial charge in [-0.1, -0.05) is 0 Å². The summed E-state index contributed by atoms with van der Waals surface area (Å²) in [5.74, 6) is 0. The molecule has 1 aromatic heterocycles. The van der Waals surface area contributed by atoms with Gasteiger partial charge >= 0.3 is 6.01 Å². The monoisotopic (exact) mass is 301 g/mol. The van der Waals surface area contributed by atoms with Crippen molar-refractivity contribution in [2.24, 2.45) is 0 Å². The van der Waals surface area contributed by atoms with E-state index in [9.17, 15) is 0 Å². The first kappa shape index (κ1) is 12.7. The lowest BCUT2D eigenvalue weighted by Gasteiger charge is -2.36. The van der Waals surface area contributed by atoms with Crippen LogP contribution in [-0.2, 0) is 4.74 Å². The van der Waals surface area contributed by atoms with Gasteiger partial charge in [0.25, 0.3) is 0 Å². The fraction of sp³-hybridized carbons (Fsp3) is 0.636. The second-order valence-corrected chi connectivity index (χ2v) is 5.54. The molecule has 1 aliphatic rings. The topological polar surface area (TPSA) is 56.3 Å². The summed E-state index contributed by atoms with van der Waals surface area (Å²) < 4.78 is 12.2. The first-order valence-electron chi connectivity index (χ1n) is 5.54. The van der Waals surface area contributed by atoms with E-state index < -0.39 is 0 Å². The van der Waals surface area contributed by atoms with Crippen molar-refractivity contribution in [3.63, 3.8) is 0 Å². The Morgan fingerprint density at radius 2 is 2.24 bits per heavy atom. The zero-order valence-electron chi connectivity index (χ0n) is 9.94. The van der Waals surface area contributed by atoms with Crippen LogP contribution in [0.5, 0.6) is 6.01 Å². The van der Waals surface area contributed by atoms with Crippen molar-refractivity contribution in [1.29, 1.82) is 0 Å². The van der Waals surface area contributed by atoms with Crippen LogP contribution in [-0.4, -0.2) is 41.4 Å². The molecule has 0 aromatic carbocycles. The van der Waals surface area contributed by atoms with Crippen molar-refractivity contribution in [3.8, 4) is 6.01 Å². The maximum Gasteiger partial charge on any atom is 0.316 e. The third-order valence-electron chi connectivity index (χ3n) is 2.40. The highest BCUT2D eigenvalue weighted by molar-refractivity contribution is 9.10. The fourth-order valence-electron chi connectivity index (χ4n) is 1.70. The summed E-state index contributed by atoms with van der Waals surface area (Å²) in [4.78, 5) is 8.09. The second-order valence-electron chi connectivity index (χ2n) is 4.63. The summed E-state index contributed by atoms with van der Waals surface area (Å²) in [5.41, 5.74) is -0.146. The number of nitrogens with one attached hydrogen (secondary N) is 1. The van der Waals surface area contributed by atoms with Crippen molar-refractivity contribution in [1.82, 2.24) is 15.3 Å². The Balaban J connectivity index is 1.84. The van der Waals surface area contributed by atoms with Crippen LogP contribution in [0.25, 0.3) is 0 Å². The van der Waals surface area contributed by atoms with Crippen LogP contribution in [0.4, 0.5) is 0 Å². The molecule has 1 fully saturated rings. The molecule has 5 nitrogen and oxygen atoms in total. The predicted octanol–water partition coefficient (Wildman–Crippen LogP) is 1.38. The van der Waals surface area contributed by atoms with Gasteiger partial charge in [-0.25, -0.2) is 9.97 Å². The summed E-state index contributed by atoms with van der Waals surface area (Å²) in [7, 11) is 0. The van der Waals surface area contributed by atoms with Gasteiger partial charge in [0.05, 0.1) is 10.1 Å². The summed E-state index contributed by atoms with van der Waals surface area (Å²) in [5, 5.41) is 3.32. The Hall–Kier alpha value is -0.720. The SMILES string of the molecule is CC1(C)CNCC(COc2ncc(Br)cn2)O1. The van der Waals surface area contributed by atoms with Gasteiger partial charge in [-0.3, -0.25) is 0 Å². The third-order valence-corrected chi connectivity index (χ3v) is 2.81. The number of rotatable bonds is 3. The van der Waals surface area contributed by atoms with E-state index in [1.165, 1.54) is 0 Å².